The molecule has 2 aromatic heterocycles. The van der Waals surface area contributed by atoms with E-state index in [0.29, 0.717) is 59.4 Å². The molecular weight excluding hydrogens is 700 g/mol. The average Bonchev–Trinajstić information content (AvgIpc) is 3.50. The summed E-state index contributed by atoms with van der Waals surface area (Å²) in [5.41, 5.74) is 2.61. The number of hydrogen-bond donors (Lipinski definition) is 1. The molecule has 0 aliphatic carbocycles. The van der Waals surface area contributed by atoms with Gasteiger partial charge in [-0.3, -0.25) is 9.59 Å². The number of likely N-dealkylation sites (tertiary alicyclic amines) is 1. The number of rotatable bonds is 11. The quantitative estimate of drug-likeness (QED) is 0.134. The van der Waals surface area contributed by atoms with Crippen molar-refractivity contribution in [3.8, 4) is 11.3 Å². The molecule has 3 aromatic carbocycles. The van der Waals surface area contributed by atoms with Crippen LogP contribution in [0.3, 0.4) is 0 Å². The first-order chi connectivity index (χ1) is 25.6. The summed E-state index contributed by atoms with van der Waals surface area (Å²) in [7, 11) is 0. The number of halogens is 3. The van der Waals surface area contributed by atoms with Crippen LogP contribution in [0.5, 0.6) is 0 Å². The number of thioether (sulfide) groups is 1. The minimum atomic E-state index is -0.643. The molecule has 0 spiro atoms. The van der Waals surface area contributed by atoms with E-state index in [1.165, 1.54) is 12.1 Å². The molecule has 2 aliphatic heterocycles. The van der Waals surface area contributed by atoms with E-state index in [9.17, 15) is 18.4 Å². The van der Waals surface area contributed by atoms with Crippen LogP contribution in [0.4, 0.5) is 30.5 Å². The maximum atomic E-state index is 15.1. The standard InChI is InChI=1S/C40H42F3N7O2S/c1-24(2)50-25(3)45-39-34(42)16-27(18-37(39)50)38-35(43)20-44-40(47-38)46-30-4-6-31(7-5-30)53-32-10-12-48(13-11-32)21-26-8-14-49(15-9-26)36-19-29(23-52)28(22-51)17-33(36)41/h4-7,16-20,22-24,26,32H,8-15,21H2,1-3H3,(H,44,46,47). The normalized spacial score (nSPS) is 16.1. The number of aryl methyl sites for hydroxylation is 1. The van der Waals surface area contributed by atoms with Crippen LogP contribution in [0.15, 0.2) is 59.6 Å². The van der Waals surface area contributed by atoms with Gasteiger partial charge in [0.15, 0.2) is 24.2 Å². The van der Waals surface area contributed by atoms with Crippen LogP contribution in [-0.2, 0) is 0 Å². The van der Waals surface area contributed by atoms with Gasteiger partial charge in [0.2, 0.25) is 5.95 Å². The number of nitrogens with one attached hydrogen (secondary N) is 1. The monoisotopic (exact) mass is 741 g/mol. The molecule has 0 saturated carbocycles. The summed E-state index contributed by atoms with van der Waals surface area (Å²) in [6, 6.07) is 13.7. The van der Waals surface area contributed by atoms with Crippen molar-refractivity contribution in [1.29, 1.82) is 0 Å². The van der Waals surface area contributed by atoms with Crippen LogP contribution in [0.25, 0.3) is 22.3 Å². The van der Waals surface area contributed by atoms with Crippen molar-refractivity contribution in [3.63, 3.8) is 0 Å². The van der Waals surface area contributed by atoms with Crippen LogP contribution < -0.4 is 10.2 Å². The second-order valence-electron chi connectivity index (χ2n) is 14.2. The van der Waals surface area contributed by atoms with Gasteiger partial charge in [0.25, 0.3) is 0 Å². The summed E-state index contributed by atoms with van der Waals surface area (Å²) < 4.78 is 46.7. The van der Waals surface area contributed by atoms with Crippen molar-refractivity contribution >= 4 is 52.7 Å². The third-order valence-corrected chi connectivity index (χ3v) is 11.6. The Kier molecular flexibility index (Phi) is 10.8. The van der Waals surface area contributed by atoms with E-state index in [2.05, 4.69) is 37.3 Å². The van der Waals surface area contributed by atoms with Gasteiger partial charge in [0.05, 0.1) is 17.4 Å². The van der Waals surface area contributed by atoms with E-state index < -0.39 is 17.5 Å². The predicted molar refractivity (Wildman–Crippen MR) is 203 cm³/mol. The summed E-state index contributed by atoms with van der Waals surface area (Å²) in [5, 5.41) is 3.67. The highest BCUT2D eigenvalue weighted by Gasteiger charge is 2.27. The van der Waals surface area contributed by atoms with Crippen molar-refractivity contribution in [1.82, 2.24) is 24.4 Å². The third kappa shape index (κ3) is 7.96. The highest BCUT2D eigenvalue weighted by Crippen LogP contribution is 2.34. The second-order valence-corrected chi connectivity index (χ2v) is 15.6. The first-order valence-corrected chi connectivity index (χ1v) is 18.9. The van der Waals surface area contributed by atoms with Gasteiger partial charge in [-0.15, -0.1) is 11.8 Å². The van der Waals surface area contributed by atoms with Crippen molar-refractivity contribution in [3.05, 3.63) is 89.1 Å². The molecule has 0 atom stereocenters. The van der Waals surface area contributed by atoms with E-state index in [-0.39, 0.29) is 34.3 Å². The highest BCUT2D eigenvalue weighted by atomic mass is 32.2. The molecule has 0 unspecified atom stereocenters. The average molecular weight is 742 g/mol. The Balaban J connectivity index is 0.904. The Morgan fingerprint density at radius 3 is 2.25 bits per heavy atom. The SMILES string of the molecule is Cc1nc2c(F)cc(-c3nc(Nc4ccc(SC5CCN(CC6CCN(c7cc(C=O)c(C=O)cc7F)CC6)CC5)cc4)ncc3F)cc2n1C(C)C. The number of aldehydes is 2. The van der Waals surface area contributed by atoms with Crippen LogP contribution in [0, 0.1) is 30.3 Å². The number of benzene rings is 3. The Morgan fingerprint density at radius 1 is 0.868 bits per heavy atom. The molecule has 2 fully saturated rings. The van der Waals surface area contributed by atoms with Gasteiger partial charge in [-0.05, 0) is 114 Å². The topological polar surface area (TPSA) is 96.2 Å². The number of nitrogens with zero attached hydrogens (tertiary/aromatic N) is 6. The molecule has 4 heterocycles. The summed E-state index contributed by atoms with van der Waals surface area (Å²) >= 11 is 1.87. The lowest BCUT2D eigenvalue weighted by Crippen LogP contribution is -2.42. The van der Waals surface area contributed by atoms with Crippen molar-refractivity contribution < 1.29 is 22.8 Å². The van der Waals surface area contributed by atoms with Gasteiger partial charge in [-0.2, -0.15) is 0 Å². The Labute approximate surface area is 311 Å². The van der Waals surface area contributed by atoms with E-state index in [4.69, 9.17) is 0 Å². The van der Waals surface area contributed by atoms with E-state index in [1.807, 2.05) is 54.1 Å². The smallest absolute Gasteiger partial charge is 0.227 e. The molecule has 0 radical (unpaired) electrons. The zero-order chi connectivity index (χ0) is 37.2. The summed E-state index contributed by atoms with van der Waals surface area (Å²) in [5.74, 6) is -0.212. The summed E-state index contributed by atoms with van der Waals surface area (Å²) in [4.78, 5) is 41.2. The first kappa shape index (κ1) is 36.6. The van der Waals surface area contributed by atoms with Gasteiger partial charge < -0.3 is 19.7 Å². The Morgan fingerprint density at radius 2 is 1.57 bits per heavy atom. The van der Waals surface area contributed by atoms with Crippen LogP contribution >= 0.6 is 11.8 Å². The maximum absolute atomic E-state index is 15.1. The van der Waals surface area contributed by atoms with Gasteiger partial charge in [-0.25, -0.2) is 28.1 Å². The molecule has 7 rings (SSSR count). The number of carbonyl (C=O) groups excluding carboxylic acids is 2. The van der Waals surface area contributed by atoms with Crippen molar-refractivity contribution in [2.45, 2.75) is 62.6 Å². The second kappa shape index (κ2) is 15.7. The molecule has 0 bridgehead atoms. The Hall–Kier alpha value is -4.75. The minimum Gasteiger partial charge on any atom is -0.369 e. The fraction of sp³-hybridized carbons (Fsp3) is 0.375. The van der Waals surface area contributed by atoms with Crippen LogP contribution in [0.2, 0.25) is 0 Å². The largest absolute Gasteiger partial charge is 0.369 e. The molecular formula is C40H42F3N7O2S. The van der Waals surface area contributed by atoms with E-state index in [1.54, 1.807) is 6.07 Å². The number of hydrogen-bond acceptors (Lipinski definition) is 9. The lowest BCUT2D eigenvalue weighted by Gasteiger charge is -2.38. The highest BCUT2D eigenvalue weighted by molar-refractivity contribution is 8.00. The number of aromatic nitrogens is 4. The molecule has 53 heavy (non-hydrogen) atoms. The zero-order valence-electron chi connectivity index (χ0n) is 30.0. The fourth-order valence-corrected chi connectivity index (χ4v) is 8.72. The van der Waals surface area contributed by atoms with E-state index in [0.717, 1.165) is 68.2 Å². The van der Waals surface area contributed by atoms with Gasteiger partial charge in [0.1, 0.15) is 22.9 Å². The van der Waals surface area contributed by atoms with Crippen molar-refractivity contribution in [2.75, 3.05) is 42.9 Å². The number of imidazole rings is 1. The third-order valence-electron chi connectivity index (χ3n) is 10.3. The minimum absolute atomic E-state index is 0.00765. The zero-order valence-corrected chi connectivity index (χ0v) is 30.8. The Bertz CT molecular complexity index is 2130. The fourth-order valence-electron chi connectivity index (χ4n) is 7.60. The molecule has 2 saturated heterocycles. The lowest BCUT2D eigenvalue weighted by molar-refractivity contribution is 0.109. The molecule has 13 heteroatoms. The van der Waals surface area contributed by atoms with E-state index >= 15 is 4.39 Å². The molecule has 9 nitrogen and oxygen atoms in total. The number of carbonyl (C=O) groups is 2. The van der Waals surface area contributed by atoms with Crippen molar-refractivity contribution in [2.24, 2.45) is 5.92 Å². The van der Waals surface area contributed by atoms with Gasteiger partial charge in [0, 0.05) is 58.2 Å². The molecule has 1 N–H and O–H groups in total. The number of piperidine rings is 2. The molecule has 5 aromatic rings. The summed E-state index contributed by atoms with van der Waals surface area (Å²) in [6.07, 6.45) is 6.28. The lowest BCUT2D eigenvalue weighted by atomic mass is 9.94. The first-order valence-electron chi connectivity index (χ1n) is 18.1. The van der Waals surface area contributed by atoms with Gasteiger partial charge in [-0.1, -0.05) is 0 Å². The number of anilines is 3. The maximum Gasteiger partial charge on any atom is 0.227 e. The number of fused-ring (bicyclic) bond motifs is 1. The van der Waals surface area contributed by atoms with Crippen LogP contribution in [0.1, 0.15) is 72.1 Å². The molecule has 0 amide bonds. The van der Waals surface area contributed by atoms with Crippen LogP contribution in [-0.4, -0.2) is 75.0 Å². The predicted octanol–water partition coefficient (Wildman–Crippen LogP) is 8.64. The molecule has 2 aliphatic rings. The summed E-state index contributed by atoms with van der Waals surface area (Å²) in [6.45, 7) is 10.3. The van der Waals surface area contributed by atoms with Gasteiger partial charge >= 0.3 is 0 Å². The molecule has 276 valence electrons.